The van der Waals surface area contributed by atoms with Gasteiger partial charge >= 0.3 is 0 Å². The molecule has 102 valence electrons. The molecule has 3 nitrogen and oxygen atoms in total. The monoisotopic (exact) mass is 277 g/mol. The zero-order chi connectivity index (χ0) is 14.0. The van der Waals surface area contributed by atoms with E-state index < -0.39 is 0 Å². The minimum Gasteiger partial charge on any atom is -0.313 e. The van der Waals surface area contributed by atoms with Crippen LogP contribution in [0.3, 0.4) is 0 Å². The number of hydrogen-bond donors (Lipinski definition) is 1. The van der Waals surface area contributed by atoms with Crippen LogP contribution in [0.4, 0.5) is 0 Å². The number of aryl methyl sites for hydroxylation is 2. The van der Waals surface area contributed by atoms with Crippen LogP contribution in [0.2, 0.25) is 5.02 Å². The van der Waals surface area contributed by atoms with Gasteiger partial charge in [0.2, 0.25) is 0 Å². The Kier molecular flexibility index (Phi) is 4.27. The number of benzene rings is 1. The maximum Gasteiger partial charge on any atom is 0.0700 e. The van der Waals surface area contributed by atoms with Crippen LogP contribution < -0.4 is 5.32 Å². The summed E-state index contributed by atoms with van der Waals surface area (Å²) >= 11 is 6.39. The summed E-state index contributed by atoms with van der Waals surface area (Å²) in [6.07, 6.45) is 2.97. The van der Waals surface area contributed by atoms with Gasteiger partial charge in [-0.3, -0.25) is 4.68 Å². The molecule has 19 heavy (non-hydrogen) atoms. The van der Waals surface area contributed by atoms with Crippen LogP contribution in [-0.2, 0) is 13.5 Å². The molecule has 0 aliphatic carbocycles. The van der Waals surface area contributed by atoms with E-state index in [0.29, 0.717) is 0 Å². The molecule has 0 spiro atoms. The Labute approximate surface area is 119 Å². The molecule has 1 atom stereocenters. The zero-order valence-electron chi connectivity index (χ0n) is 11.9. The number of nitrogens with zero attached hydrogens (tertiary/aromatic N) is 2. The molecule has 0 aliphatic rings. The summed E-state index contributed by atoms with van der Waals surface area (Å²) in [5.74, 6) is 0. The van der Waals surface area contributed by atoms with Crippen LogP contribution >= 0.6 is 11.6 Å². The Bertz CT molecular complexity index is 575. The Morgan fingerprint density at radius 3 is 2.74 bits per heavy atom. The van der Waals surface area contributed by atoms with E-state index in [9.17, 15) is 0 Å². The Hall–Kier alpha value is -1.32. The highest BCUT2D eigenvalue weighted by Gasteiger charge is 2.12. The van der Waals surface area contributed by atoms with Crippen LogP contribution in [0.25, 0.3) is 11.1 Å². The Morgan fingerprint density at radius 2 is 2.16 bits per heavy atom. The van der Waals surface area contributed by atoms with E-state index in [1.54, 1.807) is 0 Å². The van der Waals surface area contributed by atoms with Crippen molar-refractivity contribution in [2.24, 2.45) is 7.05 Å². The molecule has 0 aliphatic heterocycles. The largest absolute Gasteiger partial charge is 0.313 e. The summed E-state index contributed by atoms with van der Waals surface area (Å²) in [6.45, 7) is 4.22. The summed E-state index contributed by atoms with van der Waals surface area (Å²) in [7, 11) is 3.88. The third-order valence-corrected chi connectivity index (χ3v) is 3.78. The van der Waals surface area contributed by atoms with Gasteiger partial charge in [-0.2, -0.15) is 5.10 Å². The van der Waals surface area contributed by atoms with Gasteiger partial charge in [0.25, 0.3) is 0 Å². The van der Waals surface area contributed by atoms with Crippen molar-refractivity contribution in [1.29, 1.82) is 0 Å². The van der Waals surface area contributed by atoms with E-state index in [1.165, 1.54) is 0 Å². The predicted octanol–water partition coefficient (Wildman–Crippen LogP) is 3.58. The first kappa shape index (κ1) is 14.1. The van der Waals surface area contributed by atoms with E-state index in [1.807, 2.05) is 31.0 Å². The average Bonchev–Trinajstić information content (AvgIpc) is 2.79. The van der Waals surface area contributed by atoms with E-state index in [0.717, 1.165) is 33.8 Å². The number of hydrogen-bond acceptors (Lipinski definition) is 2. The van der Waals surface area contributed by atoms with Crippen molar-refractivity contribution in [3.8, 4) is 11.1 Å². The normalized spacial score (nSPS) is 12.7. The van der Waals surface area contributed by atoms with Gasteiger partial charge in [0.15, 0.2) is 0 Å². The first-order valence-electron chi connectivity index (χ1n) is 6.56. The van der Waals surface area contributed by atoms with Crippen molar-refractivity contribution in [2.75, 3.05) is 7.05 Å². The third-order valence-electron chi connectivity index (χ3n) is 3.45. The maximum absolute atomic E-state index is 6.39. The second kappa shape index (κ2) is 5.76. The van der Waals surface area contributed by atoms with Crippen LogP contribution in [0.5, 0.6) is 0 Å². The fraction of sp³-hybridized carbons (Fsp3) is 0.400. The smallest absolute Gasteiger partial charge is 0.0700 e. The van der Waals surface area contributed by atoms with Crippen molar-refractivity contribution in [1.82, 2.24) is 15.1 Å². The summed E-state index contributed by atoms with van der Waals surface area (Å²) in [5.41, 5.74) is 4.51. The first-order valence-corrected chi connectivity index (χ1v) is 6.94. The molecule has 0 fully saturated rings. The SMILES string of the molecule is CCc1nn(C)cc1-c1ccc(C(C)NC)c(Cl)c1. The highest BCUT2D eigenvalue weighted by atomic mass is 35.5. The van der Waals surface area contributed by atoms with Crippen LogP contribution in [-0.4, -0.2) is 16.8 Å². The zero-order valence-corrected chi connectivity index (χ0v) is 12.6. The van der Waals surface area contributed by atoms with Gasteiger partial charge in [0.1, 0.15) is 0 Å². The molecular weight excluding hydrogens is 258 g/mol. The molecule has 0 saturated heterocycles. The topological polar surface area (TPSA) is 29.9 Å². The summed E-state index contributed by atoms with van der Waals surface area (Å²) < 4.78 is 1.85. The fourth-order valence-corrected chi connectivity index (χ4v) is 2.58. The first-order chi connectivity index (χ1) is 9.06. The second-order valence-electron chi connectivity index (χ2n) is 4.76. The molecule has 1 heterocycles. The summed E-state index contributed by atoms with van der Waals surface area (Å²) in [5, 5.41) is 8.47. The summed E-state index contributed by atoms with van der Waals surface area (Å²) in [6, 6.07) is 6.48. The molecule has 0 saturated carbocycles. The fourth-order valence-electron chi connectivity index (χ4n) is 2.24. The van der Waals surface area contributed by atoms with E-state index in [-0.39, 0.29) is 6.04 Å². The van der Waals surface area contributed by atoms with Gasteiger partial charge in [0.05, 0.1) is 5.69 Å². The lowest BCUT2D eigenvalue weighted by Gasteiger charge is -2.13. The molecule has 0 radical (unpaired) electrons. The molecule has 1 aromatic carbocycles. The molecule has 2 aromatic rings. The second-order valence-corrected chi connectivity index (χ2v) is 5.17. The van der Waals surface area contributed by atoms with Gasteiger partial charge in [-0.1, -0.05) is 30.7 Å². The number of nitrogens with one attached hydrogen (secondary N) is 1. The third kappa shape index (κ3) is 2.82. The van der Waals surface area contributed by atoms with E-state index in [4.69, 9.17) is 11.6 Å². The van der Waals surface area contributed by atoms with Gasteiger partial charge in [0, 0.05) is 29.9 Å². The van der Waals surface area contributed by atoms with Crippen LogP contribution in [0.1, 0.15) is 31.1 Å². The van der Waals surface area contributed by atoms with Crippen molar-refractivity contribution in [3.05, 3.63) is 40.7 Å². The van der Waals surface area contributed by atoms with E-state index in [2.05, 4.69) is 36.4 Å². The average molecular weight is 278 g/mol. The van der Waals surface area contributed by atoms with Gasteiger partial charge in [-0.25, -0.2) is 0 Å². The van der Waals surface area contributed by atoms with Crippen LogP contribution in [0, 0.1) is 0 Å². The Morgan fingerprint density at radius 1 is 1.42 bits per heavy atom. The Balaban J connectivity index is 2.44. The number of aromatic nitrogens is 2. The summed E-state index contributed by atoms with van der Waals surface area (Å²) in [4.78, 5) is 0. The maximum atomic E-state index is 6.39. The van der Waals surface area contributed by atoms with Crippen molar-refractivity contribution < 1.29 is 0 Å². The minimum absolute atomic E-state index is 0.251. The lowest BCUT2D eigenvalue weighted by Crippen LogP contribution is -2.12. The highest BCUT2D eigenvalue weighted by molar-refractivity contribution is 6.31. The van der Waals surface area contributed by atoms with Gasteiger partial charge in [-0.15, -0.1) is 0 Å². The molecular formula is C15H20ClN3. The van der Waals surface area contributed by atoms with Crippen LogP contribution in [0.15, 0.2) is 24.4 Å². The lowest BCUT2D eigenvalue weighted by molar-refractivity contribution is 0.652. The highest BCUT2D eigenvalue weighted by Crippen LogP contribution is 2.30. The van der Waals surface area contributed by atoms with Crippen molar-refractivity contribution in [3.63, 3.8) is 0 Å². The molecule has 2 rings (SSSR count). The predicted molar refractivity (Wildman–Crippen MR) is 80.5 cm³/mol. The standard InChI is InChI=1S/C15H20ClN3/c1-5-15-13(9-19(4)18-15)11-6-7-12(10(2)17-3)14(16)8-11/h6-10,17H,5H2,1-4H3. The number of halogens is 1. The lowest BCUT2D eigenvalue weighted by atomic mass is 10.0. The minimum atomic E-state index is 0.251. The van der Waals surface area contributed by atoms with Crippen molar-refractivity contribution in [2.45, 2.75) is 26.3 Å². The number of rotatable bonds is 4. The molecule has 1 unspecified atom stereocenters. The van der Waals surface area contributed by atoms with Crippen molar-refractivity contribution >= 4 is 11.6 Å². The molecule has 1 aromatic heterocycles. The molecule has 1 N–H and O–H groups in total. The molecule has 0 amide bonds. The van der Waals surface area contributed by atoms with Gasteiger partial charge < -0.3 is 5.32 Å². The molecule has 4 heteroatoms. The van der Waals surface area contributed by atoms with E-state index >= 15 is 0 Å². The molecule has 0 bridgehead atoms. The quantitative estimate of drug-likeness (QED) is 0.926. The van der Waals surface area contributed by atoms with Gasteiger partial charge in [-0.05, 0) is 37.6 Å².